The lowest BCUT2D eigenvalue weighted by Crippen LogP contribution is -2.36. The molecule has 0 N–H and O–H groups in total. The predicted molar refractivity (Wildman–Crippen MR) is 97.1 cm³/mol. The zero-order valence-corrected chi connectivity index (χ0v) is 14.6. The van der Waals surface area contributed by atoms with E-state index in [2.05, 4.69) is 11.9 Å². The summed E-state index contributed by atoms with van der Waals surface area (Å²) in [5.41, 5.74) is 2.59. The molecule has 132 valence electrons. The van der Waals surface area contributed by atoms with Crippen molar-refractivity contribution in [3.05, 3.63) is 59.7 Å². The van der Waals surface area contributed by atoms with Crippen LogP contribution >= 0.6 is 0 Å². The predicted octanol–water partition coefficient (Wildman–Crippen LogP) is 3.06. The maximum atomic E-state index is 14.0. The Kier molecular flexibility index (Phi) is 5.64. The monoisotopic (exact) mass is 341 g/mol. The number of aromatic nitrogens is 1. The van der Waals surface area contributed by atoms with E-state index >= 15 is 0 Å². The van der Waals surface area contributed by atoms with Crippen LogP contribution in [0.25, 0.3) is 0 Å². The number of benzene rings is 1. The van der Waals surface area contributed by atoms with Crippen LogP contribution in [0.5, 0.6) is 0 Å². The third-order valence-corrected chi connectivity index (χ3v) is 4.67. The second-order valence-electron chi connectivity index (χ2n) is 6.36. The minimum Gasteiger partial charge on any atom is -0.367 e. The number of rotatable bonds is 4. The van der Waals surface area contributed by atoms with E-state index in [0.717, 1.165) is 25.1 Å². The summed E-state index contributed by atoms with van der Waals surface area (Å²) in [6.45, 7) is 4.81. The number of carbonyl (C=O) groups excluding carboxylic acids is 1. The fraction of sp³-hybridized carbons (Fsp3) is 0.400. The largest absolute Gasteiger partial charge is 0.367 e. The van der Waals surface area contributed by atoms with Crippen molar-refractivity contribution in [2.24, 2.45) is 0 Å². The Bertz CT molecular complexity index is 717. The minimum absolute atomic E-state index is 0.0899. The van der Waals surface area contributed by atoms with Crippen molar-refractivity contribution in [1.82, 2.24) is 9.88 Å². The number of hydrogen-bond donors (Lipinski definition) is 0. The fourth-order valence-corrected chi connectivity index (χ4v) is 3.15. The van der Waals surface area contributed by atoms with Gasteiger partial charge >= 0.3 is 0 Å². The molecule has 1 aromatic carbocycles. The summed E-state index contributed by atoms with van der Waals surface area (Å²) in [6.07, 6.45) is 3.94. The van der Waals surface area contributed by atoms with Gasteiger partial charge in [-0.2, -0.15) is 0 Å². The second-order valence-corrected chi connectivity index (χ2v) is 6.36. The first kappa shape index (κ1) is 17.4. The molecule has 2 heterocycles. The average molecular weight is 341 g/mol. The number of halogens is 1. The molecule has 1 amide bonds. The van der Waals surface area contributed by atoms with Gasteiger partial charge in [-0.3, -0.25) is 9.78 Å². The maximum absolute atomic E-state index is 14.0. The van der Waals surface area contributed by atoms with Crippen molar-refractivity contribution in [2.75, 3.05) is 31.1 Å². The van der Waals surface area contributed by atoms with Crippen LogP contribution in [-0.4, -0.2) is 42.0 Å². The molecule has 0 unspecified atom stereocenters. The normalized spacial score (nSPS) is 15.1. The third-order valence-electron chi connectivity index (χ3n) is 4.67. The van der Waals surface area contributed by atoms with Gasteiger partial charge in [0.1, 0.15) is 5.82 Å². The number of anilines is 1. The molecule has 0 radical (unpaired) electrons. The lowest BCUT2D eigenvalue weighted by Gasteiger charge is -2.24. The van der Waals surface area contributed by atoms with E-state index in [4.69, 9.17) is 0 Å². The quantitative estimate of drug-likeness (QED) is 0.857. The lowest BCUT2D eigenvalue weighted by atomic mass is 10.2. The van der Waals surface area contributed by atoms with Gasteiger partial charge in [-0.05, 0) is 36.6 Å². The summed E-state index contributed by atoms with van der Waals surface area (Å²) in [5.74, 6) is -0.116. The standard InChI is InChI=1S/C20H24FN3O/c1-2-16-8-9-17(22-15-16)14-20(25)24-11-5-10-23(12-13-24)19-7-4-3-6-18(19)21/h3-4,6-9,15H,2,5,10-14H2,1H3. The summed E-state index contributed by atoms with van der Waals surface area (Å²) >= 11 is 0. The van der Waals surface area contributed by atoms with Crippen molar-refractivity contribution in [2.45, 2.75) is 26.2 Å². The molecule has 1 aliphatic heterocycles. The molecule has 0 atom stereocenters. The molecular weight excluding hydrogens is 317 g/mol. The summed E-state index contributed by atoms with van der Waals surface area (Å²) < 4.78 is 14.0. The van der Waals surface area contributed by atoms with Crippen LogP contribution in [0.3, 0.4) is 0 Å². The van der Waals surface area contributed by atoms with Gasteiger partial charge in [0.15, 0.2) is 0 Å². The molecule has 1 aromatic heterocycles. The smallest absolute Gasteiger partial charge is 0.228 e. The lowest BCUT2D eigenvalue weighted by molar-refractivity contribution is -0.130. The highest BCUT2D eigenvalue weighted by atomic mass is 19.1. The van der Waals surface area contributed by atoms with Gasteiger partial charge < -0.3 is 9.80 Å². The zero-order valence-electron chi connectivity index (χ0n) is 14.6. The Morgan fingerprint density at radius 1 is 1.12 bits per heavy atom. The number of amides is 1. The highest BCUT2D eigenvalue weighted by Gasteiger charge is 2.21. The first-order valence-electron chi connectivity index (χ1n) is 8.88. The van der Waals surface area contributed by atoms with Crippen LogP contribution in [-0.2, 0) is 17.6 Å². The number of para-hydroxylation sites is 1. The van der Waals surface area contributed by atoms with Gasteiger partial charge in [0, 0.05) is 38.1 Å². The molecule has 2 aromatic rings. The number of nitrogens with zero attached hydrogens (tertiary/aromatic N) is 3. The molecule has 25 heavy (non-hydrogen) atoms. The first-order valence-corrected chi connectivity index (χ1v) is 8.88. The molecule has 0 aliphatic carbocycles. The van der Waals surface area contributed by atoms with E-state index in [0.29, 0.717) is 31.7 Å². The Balaban J connectivity index is 1.60. The van der Waals surface area contributed by atoms with Crippen LogP contribution in [0.2, 0.25) is 0 Å². The van der Waals surface area contributed by atoms with E-state index in [-0.39, 0.29) is 11.7 Å². The van der Waals surface area contributed by atoms with E-state index in [1.807, 2.05) is 34.2 Å². The van der Waals surface area contributed by atoms with Crippen molar-refractivity contribution in [3.8, 4) is 0 Å². The second kappa shape index (κ2) is 8.10. The first-order chi connectivity index (χ1) is 12.2. The van der Waals surface area contributed by atoms with Crippen molar-refractivity contribution >= 4 is 11.6 Å². The van der Waals surface area contributed by atoms with Gasteiger partial charge in [-0.1, -0.05) is 25.1 Å². The fourth-order valence-electron chi connectivity index (χ4n) is 3.15. The SMILES string of the molecule is CCc1ccc(CC(=O)N2CCCN(c3ccccc3F)CC2)nc1. The van der Waals surface area contributed by atoms with Crippen LogP contribution in [0, 0.1) is 5.82 Å². The molecule has 3 rings (SSSR count). The van der Waals surface area contributed by atoms with Crippen LogP contribution < -0.4 is 4.90 Å². The van der Waals surface area contributed by atoms with Gasteiger partial charge in [0.25, 0.3) is 0 Å². The van der Waals surface area contributed by atoms with Crippen LogP contribution in [0.1, 0.15) is 24.6 Å². The highest BCUT2D eigenvalue weighted by molar-refractivity contribution is 5.78. The number of aryl methyl sites for hydroxylation is 1. The topological polar surface area (TPSA) is 36.4 Å². The van der Waals surface area contributed by atoms with E-state index in [1.54, 1.807) is 12.1 Å². The molecule has 0 spiro atoms. The molecule has 1 fully saturated rings. The van der Waals surface area contributed by atoms with E-state index in [1.165, 1.54) is 11.6 Å². The van der Waals surface area contributed by atoms with Crippen LogP contribution in [0.15, 0.2) is 42.6 Å². The molecule has 1 aliphatic rings. The molecule has 1 saturated heterocycles. The minimum atomic E-state index is -0.206. The molecule has 0 bridgehead atoms. The molecule has 4 nitrogen and oxygen atoms in total. The maximum Gasteiger partial charge on any atom is 0.228 e. The van der Waals surface area contributed by atoms with Crippen LogP contribution in [0.4, 0.5) is 10.1 Å². The Hall–Kier alpha value is -2.43. The van der Waals surface area contributed by atoms with E-state index in [9.17, 15) is 9.18 Å². The van der Waals surface area contributed by atoms with Gasteiger partial charge in [0.2, 0.25) is 5.91 Å². The Morgan fingerprint density at radius 2 is 1.96 bits per heavy atom. The summed E-state index contributed by atoms with van der Waals surface area (Å²) in [5, 5.41) is 0. The number of pyridine rings is 1. The number of carbonyl (C=O) groups is 1. The summed E-state index contributed by atoms with van der Waals surface area (Å²) in [6, 6.07) is 10.8. The zero-order chi connectivity index (χ0) is 17.6. The van der Waals surface area contributed by atoms with Crippen molar-refractivity contribution < 1.29 is 9.18 Å². The average Bonchev–Trinajstić information content (AvgIpc) is 2.89. The molecule has 5 heteroatoms. The Labute approximate surface area is 148 Å². The molecular formula is C20H24FN3O. The van der Waals surface area contributed by atoms with Gasteiger partial charge in [0.05, 0.1) is 12.1 Å². The summed E-state index contributed by atoms with van der Waals surface area (Å²) in [7, 11) is 0. The van der Waals surface area contributed by atoms with E-state index < -0.39 is 0 Å². The Morgan fingerprint density at radius 3 is 2.68 bits per heavy atom. The van der Waals surface area contributed by atoms with Gasteiger partial charge in [-0.15, -0.1) is 0 Å². The van der Waals surface area contributed by atoms with Gasteiger partial charge in [-0.25, -0.2) is 4.39 Å². The highest BCUT2D eigenvalue weighted by Crippen LogP contribution is 2.20. The summed E-state index contributed by atoms with van der Waals surface area (Å²) in [4.78, 5) is 20.8. The van der Waals surface area contributed by atoms with Crippen molar-refractivity contribution in [1.29, 1.82) is 0 Å². The number of hydrogen-bond acceptors (Lipinski definition) is 3. The van der Waals surface area contributed by atoms with Crippen molar-refractivity contribution in [3.63, 3.8) is 0 Å². The molecule has 0 saturated carbocycles. The third kappa shape index (κ3) is 4.35.